The van der Waals surface area contributed by atoms with Gasteiger partial charge >= 0.3 is 0 Å². The molecular weight excluding hydrogens is 240 g/mol. The lowest BCUT2D eigenvalue weighted by atomic mass is 10.2. The fraction of sp³-hybridized carbons (Fsp3) is 0.357. The van der Waals surface area contributed by atoms with Gasteiger partial charge in [0.05, 0.1) is 12.7 Å². The van der Waals surface area contributed by atoms with Crippen molar-refractivity contribution in [1.82, 2.24) is 15.0 Å². The van der Waals surface area contributed by atoms with Crippen LogP contribution < -0.4 is 10.1 Å². The van der Waals surface area contributed by atoms with Crippen LogP contribution in [0.3, 0.4) is 0 Å². The molecule has 2 heterocycles. The summed E-state index contributed by atoms with van der Waals surface area (Å²) >= 11 is 0. The quantitative estimate of drug-likeness (QED) is 0.892. The molecule has 2 aromatic rings. The van der Waals surface area contributed by atoms with E-state index in [4.69, 9.17) is 4.74 Å². The van der Waals surface area contributed by atoms with E-state index in [0.717, 1.165) is 22.8 Å². The molecule has 0 fully saturated rings. The summed E-state index contributed by atoms with van der Waals surface area (Å²) in [6.07, 6.45) is 5.02. The third-order valence-electron chi connectivity index (χ3n) is 2.86. The number of aryl methyl sites for hydroxylation is 1. The molecule has 0 spiro atoms. The van der Waals surface area contributed by atoms with Gasteiger partial charge in [0.25, 0.3) is 0 Å². The lowest BCUT2D eigenvalue weighted by molar-refractivity contribution is 0.233. The minimum Gasteiger partial charge on any atom is -0.487 e. The maximum atomic E-state index is 5.74. The maximum Gasteiger partial charge on any atom is 0.138 e. The standard InChI is InChI=1S/C14H18N4O/c1-10(19-13-5-4-6-15-8-13)7-16-14-11(2)12(3)17-9-18-14/h4-6,8-10H,7H2,1-3H3,(H,16,17,18)/t10-/m0/s1. The van der Waals surface area contributed by atoms with Crippen molar-refractivity contribution in [3.05, 3.63) is 42.1 Å². The van der Waals surface area contributed by atoms with Crippen molar-refractivity contribution in [2.45, 2.75) is 26.9 Å². The fourth-order valence-corrected chi connectivity index (χ4v) is 1.65. The van der Waals surface area contributed by atoms with Gasteiger partial charge in [0.15, 0.2) is 0 Å². The van der Waals surface area contributed by atoms with E-state index < -0.39 is 0 Å². The van der Waals surface area contributed by atoms with Gasteiger partial charge in [0.2, 0.25) is 0 Å². The molecule has 0 saturated carbocycles. The van der Waals surface area contributed by atoms with Gasteiger partial charge in [-0.15, -0.1) is 0 Å². The number of anilines is 1. The van der Waals surface area contributed by atoms with Gasteiger partial charge in [-0.05, 0) is 32.9 Å². The Kier molecular flexibility index (Phi) is 4.28. The molecule has 1 atom stereocenters. The highest BCUT2D eigenvalue weighted by molar-refractivity contribution is 5.44. The molecule has 5 heteroatoms. The van der Waals surface area contributed by atoms with E-state index in [-0.39, 0.29) is 6.10 Å². The number of nitrogens with zero attached hydrogens (tertiary/aromatic N) is 3. The number of pyridine rings is 1. The van der Waals surface area contributed by atoms with Crippen LogP contribution in [0.5, 0.6) is 5.75 Å². The minimum absolute atomic E-state index is 0.0267. The Morgan fingerprint density at radius 1 is 1.32 bits per heavy atom. The monoisotopic (exact) mass is 258 g/mol. The first-order valence-corrected chi connectivity index (χ1v) is 6.25. The number of rotatable bonds is 5. The third-order valence-corrected chi connectivity index (χ3v) is 2.86. The van der Waals surface area contributed by atoms with Crippen molar-refractivity contribution < 1.29 is 4.74 Å². The van der Waals surface area contributed by atoms with Gasteiger partial charge in [0.1, 0.15) is 24.0 Å². The van der Waals surface area contributed by atoms with Crippen LogP contribution in [-0.2, 0) is 0 Å². The Morgan fingerprint density at radius 3 is 2.89 bits per heavy atom. The smallest absolute Gasteiger partial charge is 0.138 e. The molecule has 2 aromatic heterocycles. The predicted octanol–water partition coefficient (Wildman–Crippen LogP) is 2.37. The molecule has 0 aliphatic rings. The zero-order chi connectivity index (χ0) is 13.7. The Balaban J connectivity index is 1.90. The molecule has 0 aliphatic heterocycles. The Morgan fingerprint density at radius 2 is 2.16 bits per heavy atom. The van der Waals surface area contributed by atoms with Crippen molar-refractivity contribution in [3.8, 4) is 5.75 Å². The summed E-state index contributed by atoms with van der Waals surface area (Å²) in [4.78, 5) is 12.4. The van der Waals surface area contributed by atoms with Gasteiger partial charge in [-0.2, -0.15) is 0 Å². The van der Waals surface area contributed by atoms with Crippen molar-refractivity contribution >= 4 is 5.82 Å². The van der Waals surface area contributed by atoms with Crippen molar-refractivity contribution in [2.24, 2.45) is 0 Å². The Hall–Kier alpha value is -2.17. The highest BCUT2D eigenvalue weighted by atomic mass is 16.5. The summed E-state index contributed by atoms with van der Waals surface area (Å²) < 4.78 is 5.74. The molecule has 19 heavy (non-hydrogen) atoms. The second kappa shape index (κ2) is 6.13. The van der Waals surface area contributed by atoms with E-state index in [0.29, 0.717) is 6.54 Å². The summed E-state index contributed by atoms with van der Waals surface area (Å²) in [6.45, 7) is 6.65. The largest absolute Gasteiger partial charge is 0.487 e. The van der Waals surface area contributed by atoms with E-state index >= 15 is 0 Å². The SMILES string of the molecule is Cc1ncnc(NC[C@H](C)Oc2cccnc2)c1C. The maximum absolute atomic E-state index is 5.74. The van der Waals surface area contributed by atoms with Gasteiger partial charge in [-0.25, -0.2) is 9.97 Å². The number of aromatic nitrogens is 3. The molecule has 2 rings (SSSR count). The number of ether oxygens (including phenoxy) is 1. The van der Waals surface area contributed by atoms with Crippen LogP contribution >= 0.6 is 0 Å². The van der Waals surface area contributed by atoms with Crippen LogP contribution in [0.25, 0.3) is 0 Å². The normalized spacial score (nSPS) is 11.9. The van der Waals surface area contributed by atoms with Crippen molar-refractivity contribution in [1.29, 1.82) is 0 Å². The first-order chi connectivity index (χ1) is 9.16. The molecule has 100 valence electrons. The molecule has 0 amide bonds. The van der Waals surface area contributed by atoms with E-state index in [1.165, 1.54) is 0 Å². The fourth-order valence-electron chi connectivity index (χ4n) is 1.65. The molecule has 0 saturated heterocycles. The van der Waals surface area contributed by atoms with E-state index in [2.05, 4.69) is 20.3 Å². The van der Waals surface area contributed by atoms with Crippen molar-refractivity contribution in [3.63, 3.8) is 0 Å². The topological polar surface area (TPSA) is 59.9 Å². The van der Waals surface area contributed by atoms with Gasteiger partial charge < -0.3 is 10.1 Å². The summed E-state index contributed by atoms with van der Waals surface area (Å²) in [7, 11) is 0. The predicted molar refractivity (Wildman–Crippen MR) is 74.3 cm³/mol. The summed E-state index contributed by atoms with van der Waals surface area (Å²) in [5.41, 5.74) is 2.05. The van der Waals surface area contributed by atoms with Crippen LogP contribution in [0.4, 0.5) is 5.82 Å². The molecule has 1 N–H and O–H groups in total. The zero-order valence-corrected chi connectivity index (χ0v) is 11.4. The first-order valence-electron chi connectivity index (χ1n) is 6.25. The second-order valence-electron chi connectivity index (χ2n) is 4.43. The average molecular weight is 258 g/mol. The van der Waals surface area contributed by atoms with Crippen LogP contribution in [-0.4, -0.2) is 27.6 Å². The molecule has 0 aromatic carbocycles. The average Bonchev–Trinajstić information content (AvgIpc) is 2.42. The minimum atomic E-state index is 0.0267. The molecule has 5 nitrogen and oxygen atoms in total. The molecule has 0 aliphatic carbocycles. The number of hydrogen-bond donors (Lipinski definition) is 1. The highest BCUT2D eigenvalue weighted by Crippen LogP contribution is 2.13. The Bertz CT molecular complexity index is 530. The van der Waals surface area contributed by atoms with Crippen LogP contribution in [0, 0.1) is 13.8 Å². The molecular formula is C14H18N4O. The summed E-state index contributed by atoms with van der Waals surface area (Å²) in [5, 5.41) is 3.28. The van der Waals surface area contributed by atoms with Crippen LogP contribution in [0.15, 0.2) is 30.9 Å². The molecule has 0 unspecified atom stereocenters. The number of nitrogens with one attached hydrogen (secondary N) is 1. The van der Waals surface area contributed by atoms with E-state index in [9.17, 15) is 0 Å². The first kappa shape index (κ1) is 13.3. The lowest BCUT2D eigenvalue weighted by Gasteiger charge is -2.16. The van der Waals surface area contributed by atoms with Crippen LogP contribution in [0.1, 0.15) is 18.2 Å². The lowest BCUT2D eigenvalue weighted by Crippen LogP contribution is -2.23. The van der Waals surface area contributed by atoms with Gasteiger partial charge in [-0.3, -0.25) is 4.98 Å². The van der Waals surface area contributed by atoms with Gasteiger partial charge in [0, 0.05) is 17.5 Å². The summed E-state index contributed by atoms with van der Waals surface area (Å²) in [6, 6.07) is 3.75. The molecule has 0 bridgehead atoms. The van der Waals surface area contributed by atoms with E-state index in [1.54, 1.807) is 18.7 Å². The highest BCUT2D eigenvalue weighted by Gasteiger charge is 2.07. The second-order valence-corrected chi connectivity index (χ2v) is 4.43. The molecule has 0 radical (unpaired) electrons. The zero-order valence-electron chi connectivity index (χ0n) is 11.4. The van der Waals surface area contributed by atoms with Gasteiger partial charge in [-0.1, -0.05) is 0 Å². The number of hydrogen-bond acceptors (Lipinski definition) is 5. The van der Waals surface area contributed by atoms with Crippen LogP contribution in [0.2, 0.25) is 0 Å². The van der Waals surface area contributed by atoms with E-state index in [1.807, 2.05) is 32.9 Å². The Labute approximate surface area is 113 Å². The third kappa shape index (κ3) is 3.64. The van der Waals surface area contributed by atoms with Crippen molar-refractivity contribution in [2.75, 3.05) is 11.9 Å². The summed E-state index contributed by atoms with van der Waals surface area (Å²) in [5.74, 6) is 1.63.